The second kappa shape index (κ2) is 6.96. The molecule has 0 atom stereocenters. The molecule has 1 aromatic heterocycles. The summed E-state index contributed by atoms with van der Waals surface area (Å²) in [6, 6.07) is 20.2. The van der Waals surface area contributed by atoms with Crippen LogP contribution in [0.5, 0.6) is 0 Å². The molecule has 0 aliphatic carbocycles. The monoisotopic (exact) mass is 319 g/mol. The molecule has 0 fully saturated rings. The first kappa shape index (κ1) is 15.7. The lowest BCUT2D eigenvalue weighted by atomic mass is 10.1. The van der Waals surface area contributed by atoms with Crippen molar-refractivity contribution in [1.82, 2.24) is 5.32 Å². The summed E-state index contributed by atoms with van der Waals surface area (Å²) in [5.41, 5.74) is 2.40. The second-order valence-electron chi connectivity index (χ2n) is 5.47. The Morgan fingerprint density at radius 2 is 1.75 bits per heavy atom. The van der Waals surface area contributed by atoms with Crippen LogP contribution in [0.3, 0.4) is 0 Å². The van der Waals surface area contributed by atoms with E-state index in [0.29, 0.717) is 17.9 Å². The van der Waals surface area contributed by atoms with Gasteiger partial charge in [-0.2, -0.15) is 0 Å². The Morgan fingerprint density at radius 3 is 2.50 bits per heavy atom. The smallest absolute Gasteiger partial charge is 0.287 e. The quantitative estimate of drug-likeness (QED) is 0.721. The number of rotatable bonds is 5. The molecule has 4 nitrogen and oxygen atoms in total. The van der Waals surface area contributed by atoms with Gasteiger partial charge in [-0.25, -0.2) is 0 Å². The van der Waals surface area contributed by atoms with E-state index in [0.717, 1.165) is 11.1 Å². The Kier molecular flexibility index (Phi) is 4.57. The average molecular weight is 319 g/mol. The number of ketones is 1. The maximum atomic E-state index is 12.2. The van der Waals surface area contributed by atoms with Gasteiger partial charge in [-0.15, -0.1) is 0 Å². The topological polar surface area (TPSA) is 59.3 Å². The van der Waals surface area contributed by atoms with Gasteiger partial charge < -0.3 is 9.73 Å². The average Bonchev–Trinajstić information content (AvgIpc) is 3.11. The van der Waals surface area contributed by atoms with Gasteiger partial charge in [0, 0.05) is 17.7 Å². The molecular weight excluding hydrogens is 302 g/mol. The van der Waals surface area contributed by atoms with E-state index in [1.165, 1.54) is 6.92 Å². The molecule has 0 aliphatic rings. The summed E-state index contributed by atoms with van der Waals surface area (Å²) in [7, 11) is 0. The molecule has 4 heteroatoms. The number of amides is 1. The maximum Gasteiger partial charge on any atom is 0.287 e. The predicted molar refractivity (Wildman–Crippen MR) is 91.8 cm³/mol. The number of Topliss-reactive ketones (excluding diaryl/α,β-unsaturated/α-hetero) is 1. The molecule has 1 N–H and O–H groups in total. The van der Waals surface area contributed by atoms with Gasteiger partial charge in [0.2, 0.25) is 0 Å². The molecule has 1 amide bonds. The van der Waals surface area contributed by atoms with Gasteiger partial charge >= 0.3 is 0 Å². The SMILES string of the molecule is CC(=O)c1cccc(-c2ccc(C(=O)NCc3ccccc3)o2)c1. The van der Waals surface area contributed by atoms with Gasteiger partial charge in [0.25, 0.3) is 5.91 Å². The number of nitrogens with one attached hydrogen (secondary N) is 1. The fraction of sp³-hybridized carbons (Fsp3) is 0.100. The molecule has 0 spiro atoms. The molecule has 0 radical (unpaired) electrons. The van der Waals surface area contributed by atoms with E-state index in [-0.39, 0.29) is 17.5 Å². The molecule has 0 saturated carbocycles. The summed E-state index contributed by atoms with van der Waals surface area (Å²) >= 11 is 0. The summed E-state index contributed by atoms with van der Waals surface area (Å²) in [5.74, 6) is 0.522. The highest BCUT2D eigenvalue weighted by Crippen LogP contribution is 2.23. The van der Waals surface area contributed by atoms with Crippen molar-refractivity contribution in [3.8, 4) is 11.3 Å². The Labute approximate surface area is 140 Å². The van der Waals surface area contributed by atoms with Crippen molar-refractivity contribution in [3.63, 3.8) is 0 Å². The fourth-order valence-corrected chi connectivity index (χ4v) is 2.37. The third kappa shape index (κ3) is 3.60. The molecule has 3 aromatic rings. The van der Waals surface area contributed by atoms with Crippen molar-refractivity contribution < 1.29 is 14.0 Å². The van der Waals surface area contributed by atoms with E-state index in [1.54, 1.807) is 30.3 Å². The summed E-state index contributed by atoms with van der Waals surface area (Å²) in [4.78, 5) is 23.6. The lowest BCUT2D eigenvalue weighted by Gasteiger charge is -2.03. The minimum atomic E-state index is -0.271. The van der Waals surface area contributed by atoms with E-state index < -0.39 is 0 Å². The number of benzene rings is 2. The van der Waals surface area contributed by atoms with Crippen LogP contribution in [0.2, 0.25) is 0 Å². The molecule has 0 aliphatic heterocycles. The summed E-state index contributed by atoms with van der Waals surface area (Å²) in [5, 5.41) is 2.82. The number of furan rings is 1. The zero-order valence-electron chi connectivity index (χ0n) is 13.3. The van der Waals surface area contributed by atoms with E-state index in [9.17, 15) is 9.59 Å². The lowest BCUT2D eigenvalue weighted by Crippen LogP contribution is -2.22. The van der Waals surface area contributed by atoms with Crippen LogP contribution >= 0.6 is 0 Å². The molecule has 0 unspecified atom stereocenters. The van der Waals surface area contributed by atoms with Crippen molar-refractivity contribution >= 4 is 11.7 Å². The van der Waals surface area contributed by atoms with Gasteiger partial charge in [-0.05, 0) is 30.7 Å². The van der Waals surface area contributed by atoms with E-state index in [1.807, 2.05) is 36.4 Å². The van der Waals surface area contributed by atoms with Crippen LogP contribution in [0.4, 0.5) is 0 Å². The van der Waals surface area contributed by atoms with E-state index in [4.69, 9.17) is 4.42 Å². The number of hydrogen-bond donors (Lipinski definition) is 1. The van der Waals surface area contributed by atoms with Crippen molar-refractivity contribution in [3.05, 3.63) is 83.6 Å². The fourth-order valence-electron chi connectivity index (χ4n) is 2.37. The summed E-state index contributed by atoms with van der Waals surface area (Å²) < 4.78 is 5.63. The van der Waals surface area contributed by atoms with Gasteiger partial charge in [-0.3, -0.25) is 9.59 Å². The first-order valence-electron chi connectivity index (χ1n) is 7.67. The number of hydrogen-bond acceptors (Lipinski definition) is 3. The zero-order valence-corrected chi connectivity index (χ0v) is 13.3. The third-order valence-electron chi connectivity index (χ3n) is 3.68. The highest BCUT2D eigenvalue weighted by atomic mass is 16.3. The highest BCUT2D eigenvalue weighted by molar-refractivity contribution is 5.95. The predicted octanol–water partition coefficient (Wildman–Crippen LogP) is 4.08. The lowest BCUT2D eigenvalue weighted by molar-refractivity contribution is 0.0923. The molecule has 1 heterocycles. The van der Waals surface area contributed by atoms with Crippen LogP contribution in [-0.4, -0.2) is 11.7 Å². The standard InChI is InChI=1S/C20H17NO3/c1-14(22)16-8-5-9-17(12-16)18-10-11-19(24-18)20(23)21-13-15-6-3-2-4-7-15/h2-12H,13H2,1H3,(H,21,23). The largest absolute Gasteiger partial charge is 0.451 e. The first-order chi connectivity index (χ1) is 11.6. The van der Waals surface area contributed by atoms with Crippen LogP contribution in [0.15, 0.2) is 71.1 Å². The van der Waals surface area contributed by atoms with Crippen LogP contribution < -0.4 is 5.32 Å². The highest BCUT2D eigenvalue weighted by Gasteiger charge is 2.12. The van der Waals surface area contributed by atoms with E-state index >= 15 is 0 Å². The Hall–Kier alpha value is -3.14. The molecule has 0 saturated heterocycles. The van der Waals surface area contributed by atoms with Crippen molar-refractivity contribution in [2.45, 2.75) is 13.5 Å². The first-order valence-corrected chi connectivity index (χ1v) is 7.67. The van der Waals surface area contributed by atoms with Crippen LogP contribution in [0.1, 0.15) is 33.4 Å². The van der Waals surface area contributed by atoms with Crippen molar-refractivity contribution in [2.24, 2.45) is 0 Å². The molecule has 3 rings (SSSR count). The minimum absolute atomic E-state index is 0.00997. The van der Waals surface area contributed by atoms with E-state index in [2.05, 4.69) is 5.32 Å². The Morgan fingerprint density at radius 1 is 0.958 bits per heavy atom. The zero-order chi connectivity index (χ0) is 16.9. The van der Waals surface area contributed by atoms with Crippen molar-refractivity contribution in [1.29, 1.82) is 0 Å². The normalized spacial score (nSPS) is 10.4. The Balaban J connectivity index is 1.72. The summed E-state index contributed by atoms with van der Waals surface area (Å²) in [6.07, 6.45) is 0. The van der Waals surface area contributed by atoms with Gasteiger partial charge in [0.1, 0.15) is 5.76 Å². The minimum Gasteiger partial charge on any atom is -0.451 e. The molecule has 0 bridgehead atoms. The van der Waals surface area contributed by atoms with Crippen LogP contribution in [0.25, 0.3) is 11.3 Å². The molecule has 120 valence electrons. The van der Waals surface area contributed by atoms with Gasteiger partial charge in [-0.1, -0.05) is 48.5 Å². The second-order valence-corrected chi connectivity index (χ2v) is 5.47. The molecular formula is C20H17NO3. The molecule has 24 heavy (non-hydrogen) atoms. The van der Waals surface area contributed by atoms with Crippen LogP contribution in [0, 0.1) is 0 Å². The van der Waals surface area contributed by atoms with Gasteiger partial charge in [0.05, 0.1) is 0 Å². The number of carbonyl (C=O) groups is 2. The third-order valence-corrected chi connectivity index (χ3v) is 3.68. The molecule has 2 aromatic carbocycles. The maximum absolute atomic E-state index is 12.2. The number of carbonyl (C=O) groups excluding carboxylic acids is 2. The summed E-state index contributed by atoms with van der Waals surface area (Å²) in [6.45, 7) is 1.96. The Bertz CT molecular complexity index is 865. The van der Waals surface area contributed by atoms with Gasteiger partial charge in [0.15, 0.2) is 11.5 Å². The van der Waals surface area contributed by atoms with Crippen LogP contribution in [-0.2, 0) is 6.54 Å². The van der Waals surface area contributed by atoms with Crippen molar-refractivity contribution in [2.75, 3.05) is 0 Å².